The first kappa shape index (κ1) is 16.0. The van der Waals surface area contributed by atoms with Crippen molar-refractivity contribution in [2.75, 3.05) is 7.05 Å². The molecule has 20 heavy (non-hydrogen) atoms. The zero-order valence-electron chi connectivity index (χ0n) is 12.1. The number of hydrogen-bond donors (Lipinski definition) is 1. The summed E-state index contributed by atoms with van der Waals surface area (Å²) in [6.45, 7) is 3.83. The molecule has 5 heteroatoms. The molecule has 0 radical (unpaired) electrons. The zero-order chi connectivity index (χ0) is 15.1. The van der Waals surface area contributed by atoms with E-state index in [-0.39, 0.29) is 12.5 Å². The Balaban J connectivity index is 2.63. The average Bonchev–Trinajstić information content (AvgIpc) is 2.45. The molecule has 1 unspecified atom stereocenters. The van der Waals surface area contributed by atoms with Crippen LogP contribution >= 0.6 is 0 Å². The number of carboxylic acids is 1. The molecule has 2 atom stereocenters. The van der Waals surface area contributed by atoms with Gasteiger partial charge in [0, 0.05) is 7.05 Å². The average molecular weight is 279 g/mol. The topological polar surface area (TPSA) is 66.8 Å². The van der Waals surface area contributed by atoms with Crippen LogP contribution in [0.2, 0.25) is 0 Å². The highest BCUT2D eigenvalue weighted by Crippen LogP contribution is 2.15. The maximum Gasteiger partial charge on any atom is 0.410 e. The number of benzene rings is 1. The van der Waals surface area contributed by atoms with E-state index in [2.05, 4.69) is 0 Å². The van der Waals surface area contributed by atoms with E-state index in [1.165, 1.54) is 7.05 Å². The third-order valence-corrected chi connectivity index (χ3v) is 3.35. The van der Waals surface area contributed by atoms with Gasteiger partial charge in [-0.25, -0.2) is 9.59 Å². The van der Waals surface area contributed by atoms with Crippen LogP contribution in [0, 0.1) is 5.92 Å². The Labute approximate surface area is 119 Å². The fraction of sp³-hybridized carbons (Fsp3) is 0.467. The molecule has 1 aromatic rings. The number of carbonyl (C=O) groups excluding carboxylic acids is 1. The number of rotatable bonds is 6. The fourth-order valence-electron chi connectivity index (χ4n) is 1.95. The van der Waals surface area contributed by atoms with Crippen LogP contribution in [0.15, 0.2) is 30.3 Å². The van der Waals surface area contributed by atoms with E-state index in [0.29, 0.717) is 6.42 Å². The summed E-state index contributed by atoms with van der Waals surface area (Å²) in [7, 11) is 1.46. The minimum absolute atomic E-state index is 0.136. The molecule has 1 aromatic carbocycles. The molecule has 0 fully saturated rings. The van der Waals surface area contributed by atoms with E-state index in [0.717, 1.165) is 10.5 Å². The number of aliphatic carboxylic acids is 1. The second-order valence-electron chi connectivity index (χ2n) is 4.82. The monoisotopic (exact) mass is 279 g/mol. The lowest BCUT2D eigenvalue weighted by Gasteiger charge is -2.28. The van der Waals surface area contributed by atoms with Crippen molar-refractivity contribution in [3.05, 3.63) is 35.9 Å². The molecule has 0 spiro atoms. The fourth-order valence-corrected chi connectivity index (χ4v) is 1.95. The highest BCUT2D eigenvalue weighted by atomic mass is 16.6. The number of carboxylic acid groups (broad SMARTS) is 1. The van der Waals surface area contributed by atoms with Gasteiger partial charge in [-0.1, -0.05) is 50.6 Å². The summed E-state index contributed by atoms with van der Waals surface area (Å²) in [4.78, 5) is 24.3. The van der Waals surface area contributed by atoms with Gasteiger partial charge in [0.25, 0.3) is 0 Å². The third-order valence-electron chi connectivity index (χ3n) is 3.35. The van der Waals surface area contributed by atoms with Gasteiger partial charge in [-0.2, -0.15) is 0 Å². The van der Waals surface area contributed by atoms with Crippen LogP contribution in [0.1, 0.15) is 25.8 Å². The molecule has 0 aliphatic heterocycles. The lowest BCUT2D eigenvalue weighted by atomic mass is 9.98. The van der Waals surface area contributed by atoms with Crippen LogP contribution in [0.3, 0.4) is 0 Å². The predicted molar refractivity (Wildman–Crippen MR) is 75.3 cm³/mol. The van der Waals surface area contributed by atoms with Gasteiger partial charge in [-0.05, 0) is 11.5 Å². The molecule has 0 bridgehead atoms. The first-order valence-corrected chi connectivity index (χ1v) is 6.63. The van der Waals surface area contributed by atoms with E-state index in [1.54, 1.807) is 6.92 Å². The summed E-state index contributed by atoms with van der Waals surface area (Å²) in [6.07, 6.45) is 0.0503. The van der Waals surface area contributed by atoms with E-state index in [4.69, 9.17) is 4.74 Å². The molecule has 1 N–H and O–H groups in total. The second-order valence-corrected chi connectivity index (χ2v) is 4.82. The highest BCUT2D eigenvalue weighted by Gasteiger charge is 2.31. The van der Waals surface area contributed by atoms with Crippen LogP contribution < -0.4 is 0 Å². The molecule has 0 saturated carbocycles. The molecule has 5 nitrogen and oxygen atoms in total. The minimum atomic E-state index is -1.02. The first-order valence-electron chi connectivity index (χ1n) is 6.63. The number of likely N-dealkylation sites (N-methyl/N-ethyl adjacent to an activating group) is 1. The lowest BCUT2D eigenvalue weighted by molar-refractivity contribution is -0.144. The molecule has 110 valence electrons. The van der Waals surface area contributed by atoms with E-state index >= 15 is 0 Å². The van der Waals surface area contributed by atoms with E-state index in [1.807, 2.05) is 37.3 Å². The quantitative estimate of drug-likeness (QED) is 0.869. The van der Waals surface area contributed by atoms with Crippen LogP contribution in [0.25, 0.3) is 0 Å². The predicted octanol–water partition coefficient (Wildman–Crippen LogP) is 2.75. The van der Waals surface area contributed by atoms with Gasteiger partial charge in [0.15, 0.2) is 0 Å². The summed E-state index contributed by atoms with van der Waals surface area (Å²) in [5.74, 6) is -1.15. The van der Waals surface area contributed by atoms with Gasteiger partial charge in [0.1, 0.15) is 12.6 Å². The SMILES string of the molecule is CC[C@H](C)C(C(=O)O)N(C)C(=O)OCc1ccccc1. The van der Waals surface area contributed by atoms with Gasteiger partial charge >= 0.3 is 12.1 Å². The van der Waals surface area contributed by atoms with Crippen LogP contribution in [0.4, 0.5) is 4.79 Å². The summed E-state index contributed by atoms with van der Waals surface area (Å²) in [5.41, 5.74) is 0.865. The largest absolute Gasteiger partial charge is 0.480 e. The van der Waals surface area contributed by atoms with Gasteiger partial charge in [0.2, 0.25) is 0 Å². The number of amides is 1. The van der Waals surface area contributed by atoms with Crippen LogP contribution in [-0.4, -0.2) is 35.2 Å². The van der Waals surface area contributed by atoms with Crippen molar-refractivity contribution >= 4 is 12.1 Å². The van der Waals surface area contributed by atoms with Crippen molar-refractivity contribution in [3.63, 3.8) is 0 Å². The number of hydrogen-bond acceptors (Lipinski definition) is 3. The van der Waals surface area contributed by atoms with Crippen molar-refractivity contribution in [1.82, 2.24) is 4.90 Å². The number of nitrogens with zero attached hydrogens (tertiary/aromatic N) is 1. The van der Waals surface area contributed by atoms with Gasteiger partial charge in [-0.15, -0.1) is 0 Å². The van der Waals surface area contributed by atoms with Gasteiger partial charge in [0.05, 0.1) is 0 Å². The summed E-state index contributed by atoms with van der Waals surface area (Å²) in [5, 5.41) is 9.23. The highest BCUT2D eigenvalue weighted by molar-refractivity contribution is 5.80. The Kier molecular flexibility index (Phi) is 6.03. The summed E-state index contributed by atoms with van der Waals surface area (Å²) >= 11 is 0. The second kappa shape index (κ2) is 7.53. The molecule has 0 heterocycles. The first-order chi connectivity index (χ1) is 9.47. The summed E-state index contributed by atoms with van der Waals surface area (Å²) < 4.78 is 5.14. The van der Waals surface area contributed by atoms with Gasteiger partial charge < -0.3 is 9.84 Å². The van der Waals surface area contributed by atoms with Crippen LogP contribution in [0.5, 0.6) is 0 Å². The molecule has 0 aliphatic carbocycles. The van der Waals surface area contributed by atoms with Crippen molar-refractivity contribution in [2.45, 2.75) is 32.9 Å². The molecule has 1 rings (SSSR count). The van der Waals surface area contributed by atoms with E-state index in [9.17, 15) is 14.7 Å². The third kappa shape index (κ3) is 4.26. The van der Waals surface area contributed by atoms with Gasteiger partial charge in [-0.3, -0.25) is 4.90 Å². The molecule has 1 amide bonds. The van der Waals surface area contributed by atoms with Crippen LogP contribution in [-0.2, 0) is 16.1 Å². The maximum absolute atomic E-state index is 11.9. The van der Waals surface area contributed by atoms with Crippen molar-refractivity contribution in [3.8, 4) is 0 Å². The molecule has 0 saturated heterocycles. The molecule has 0 aliphatic rings. The number of ether oxygens (including phenoxy) is 1. The Bertz CT molecular complexity index is 446. The Hall–Kier alpha value is -2.04. The Morgan fingerprint density at radius 2 is 1.90 bits per heavy atom. The summed E-state index contributed by atoms with van der Waals surface area (Å²) in [6, 6.07) is 8.40. The molecule has 0 aromatic heterocycles. The zero-order valence-corrected chi connectivity index (χ0v) is 12.1. The van der Waals surface area contributed by atoms with Crippen molar-refractivity contribution < 1.29 is 19.4 Å². The Morgan fingerprint density at radius 3 is 2.40 bits per heavy atom. The normalized spacial score (nSPS) is 13.3. The number of carbonyl (C=O) groups is 2. The maximum atomic E-state index is 11.9. The minimum Gasteiger partial charge on any atom is -0.480 e. The lowest BCUT2D eigenvalue weighted by Crippen LogP contribution is -2.46. The molecular formula is C15H21NO4. The molecular weight excluding hydrogens is 258 g/mol. The standard InChI is InChI=1S/C15H21NO4/c1-4-11(2)13(14(17)18)16(3)15(19)20-10-12-8-6-5-7-9-12/h5-9,11,13H,4,10H2,1-3H3,(H,17,18)/t11-,13?/m0/s1. The van der Waals surface area contributed by atoms with Crippen molar-refractivity contribution in [2.24, 2.45) is 5.92 Å². The van der Waals surface area contributed by atoms with Crippen molar-refractivity contribution in [1.29, 1.82) is 0 Å². The van der Waals surface area contributed by atoms with E-state index < -0.39 is 18.1 Å². The Morgan fingerprint density at radius 1 is 1.30 bits per heavy atom. The smallest absolute Gasteiger partial charge is 0.410 e.